The van der Waals surface area contributed by atoms with Gasteiger partial charge in [0.25, 0.3) is 5.91 Å². The van der Waals surface area contributed by atoms with Crippen LogP contribution in [0.25, 0.3) is 0 Å². The highest BCUT2D eigenvalue weighted by Crippen LogP contribution is 2.24. The minimum absolute atomic E-state index is 0.0100. The minimum atomic E-state index is -0.569. The standard InChI is InChI=1S/C15H28N2O4/c1-15(2,3)21-14(19)17(11-13(18)16(4)20-5)12-9-7-6-8-10-12/h12H,6-11H2,1-5H3. The summed E-state index contributed by atoms with van der Waals surface area (Å²) in [6.07, 6.45) is 4.76. The Hall–Kier alpha value is -1.30. The highest BCUT2D eigenvalue weighted by atomic mass is 16.7. The van der Waals surface area contributed by atoms with Crippen LogP contribution in [-0.2, 0) is 14.4 Å². The van der Waals surface area contributed by atoms with Crippen molar-refractivity contribution in [2.45, 2.75) is 64.5 Å². The zero-order valence-corrected chi connectivity index (χ0v) is 13.8. The van der Waals surface area contributed by atoms with Gasteiger partial charge in [-0.05, 0) is 33.6 Å². The van der Waals surface area contributed by atoms with Gasteiger partial charge in [-0.25, -0.2) is 9.86 Å². The summed E-state index contributed by atoms with van der Waals surface area (Å²) in [6.45, 7) is 5.47. The van der Waals surface area contributed by atoms with Gasteiger partial charge in [0.15, 0.2) is 0 Å². The topological polar surface area (TPSA) is 59.1 Å². The predicted octanol–water partition coefficient (Wildman–Crippen LogP) is 2.58. The first kappa shape index (κ1) is 17.8. The lowest BCUT2D eigenvalue weighted by Gasteiger charge is -2.35. The SMILES string of the molecule is CON(C)C(=O)CN(C(=O)OC(C)(C)C)C1CCCCC1. The molecule has 1 fully saturated rings. The highest BCUT2D eigenvalue weighted by molar-refractivity contribution is 5.81. The van der Waals surface area contributed by atoms with Gasteiger partial charge in [-0.2, -0.15) is 0 Å². The number of amides is 2. The van der Waals surface area contributed by atoms with Crippen molar-refractivity contribution < 1.29 is 19.2 Å². The van der Waals surface area contributed by atoms with Crippen LogP contribution in [0.15, 0.2) is 0 Å². The molecule has 0 saturated heterocycles. The van der Waals surface area contributed by atoms with Gasteiger partial charge >= 0.3 is 6.09 Å². The third-order valence-electron chi connectivity index (χ3n) is 3.57. The molecular formula is C15H28N2O4. The molecule has 1 rings (SSSR count). The number of carbonyl (C=O) groups is 2. The molecule has 2 amide bonds. The van der Waals surface area contributed by atoms with Crippen LogP contribution < -0.4 is 0 Å². The molecule has 1 aliphatic rings. The summed E-state index contributed by atoms with van der Waals surface area (Å²) in [5, 5.41) is 1.14. The lowest BCUT2D eigenvalue weighted by Crippen LogP contribution is -2.49. The molecule has 0 radical (unpaired) electrons. The van der Waals surface area contributed by atoms with Crippen LogP contribution >= 0.6 is 0 Å². The quantitative estimate of drug-likeness (QED) is 0.749. The van der Waals surface area contributed by atoms with Crippen LogP contribution in [0.3, 0.4) is 0 Å². The molecule has 1 aliphatic carbocycles. The Morgan fingerprint density at radius 2 is 1.71 bits per heavy atom. The second-order valence-corrected chi connectivity index (χ2v) is 6.47. The van der Waals surface area contributed by atoms with E-state index in [1.807, 2.05) is 20.8 Å². The van der Waals surface area contributed by atoms with Crippen molar-refractivity contribution in [2.24, 2.45) is 0 Å². The Kier molecular flexibility index (Phi) is 6.45. The second kappa shape index (κ2) is 7.64. The maximum Gasteiger partial charge on any atom is 0.411 e. The van der Waals surface area contributed by atoms with Crippen molar-refractivity contribution in [1.82, 2.24) is 9.96 Å². The Bertz CT molecular complexity index is 359. The number of likely N-dealkylation sites (N-methyl/N-ethyl adjacent to an activating group) is 1. The van der Waals surface area contributed by atoms with E-state index in [1.165, 1.54) is 20.6 Å². The minimum Gasteiger partial charge on any atom is -0.444 e. The molecule has 0 heterocycles. The zero-order chi connectivity index (χ0) is 16.0. The van der Waals surface area contributed by atoms with E-state index in [-0.39, 0.29) is 18.5 Å². The van der Waals surface area contributed by atoms with E-state index in [1.54, 1.807) is 4.90 Å². The average molecular weight is 300 g/mol. The molecule has 6 heteroatoms. The van der Waals surface area contributed by atoms with E-state index < -0.39 is 11.7 Å². The summed E-state index contributed by atoms with van der Waals surface area (Å²) in [4.78, 5) is 30.9. The number of hydrogen-bond acceptors (Lipinski definition) is 4. The molecule has 0 spiro atoms. The van der Waals surface area contributed by atoms with Crippen molar-refractivity contribution in [3.63, 3.8) is 0 Å². The molecule has 0 N–H and O–H groups in total. The van der Waals surface area contributed by atoms with Crippen molar-refractivity contribution in [2.75, 3.05) is 20.7 Å². The Balaban J connectivity index is 2.78. The Labute approximate surface area is 127 Å². The van der Waals surface area contributed by atoms with Crippen molar-refractivity contribution >= 4 is 12.0 Å². The molecular weight excluding hydrogens is 272 g/mol. The van der Waals surface area contributed by atoms with Gasteiger partial charge in [0, 0.05) is 13.1 Å². The molecule has 6 nitrogen and oxygen atoms in total. The summed E-state index contributed by atoms with van der Waals surface area (Å²) in [6, 6.07) is 0.0720. The largest absolute Gasteiger partial charge is 0.444 e. The summed E-state index contributed by atoms with van der Waals surface area (Å²) in [5.74, 6) is -0.256. The molecule has 21 heavy (non-hydrogen) atoms. The summed E-state index contributed by atoms with van der Waals surface area (Å²) < 4.78 is 5.44. The molecule has 0 unspecified atom stereocenters. The molecule has 0 atom stereocenters. The van der Waals surface area contributed by atoms with Crippen molar-refractivity contribution in [1.29, 1.82) is 0 Å². The molecule has 0 aromatic heterocycles. The molecule has 0 aromatic carbocycles. The lowest BCUT2D eigenvalue weighted by atomic mass is 9.94. The van der Waals surface area contributed by atoms with Gasteiger partial charge in [0.05, 0.1) is 7.11 Å². The second-order valence-electron chi connectivity index (χ2n) is 6.47. The fraction of sp³-hybridized carbons (Fsp3) is 0.867. The predicted molar refractivity (Wildman–Crippen MR) is 79.6 cm³/mol. The van der Waals surface area contributed by atoms with Gasteiger partial charge in [-0.3, -0.25) is 14.5 Å². The number of hydrogen-bond donors (Lipinski definition) is 0. The van der Waals surface area contributed by atoms with E-state index in [9.17, 15) is 9.59 Å². The van der Waals surface area contributed by atoms with Crippen molar-refractivity contribution in [3.05, 3.63) is 0 Å². The number of ether oxygens (including phenoxy) is 1. The number of rotatable bonds is 4. The van der Waals surface area contributed by atoms with Crippen molar-refractivity contribution in [3.8, 4) is 0 Å². The van der Waals surface area contributed by atoms with Crippen LogP contribution in [0.2, 0.25) is 0 Å². The number of hydroxylamine groups is 2. The Morgan fingerprint density at radius 1 is 1.14 bits per heavy atom. The molecule has 0 bridgehead atoms. The fourth-order valence-corrected chi connectivity index (χ4v) is 2.40. The number of carbonyl (C=O) groups excluding carboxylic acids is 2. The van der Waals surface area contributed by atoms with Crippen LogP contribution in [-0.4, -0.2) is 54.3 Å². The third-order valence-corrected chi connectivity index (χ3v) is 3.57. The monoisotopic (exact) mass is 300 g/mol. The summed E-state index contributed by atoms with van der Waals surface area (Å²) >= 11 is 0. The van der Waals surface area contributed by atoms with Crippen LogP contribution in [0, 0.1) is 0 Å². The Morgan fingerprint density at radius 3 is 2.19 bits per heavy atom. The lowest BCUT2D eigenvalue weighted by molar-refractivity contribution is -0.170. The first-order valence-corrected chi connectivity index (χ1v) is 7.55. The number of nitrogens with zero attached hydrogens (tertiary/aromatic N) is 2. The first-order chi connectivity index (χ1) is 9.74. The van der Waals surface area contributed by atoms with E-state index in [0.29, 0.717) is 0 Å². The molecule has 0 aromatic rings. The first-order valence-electron chi connectivity index (χ1n) is 7.55. The van der Waals surface area contributed by atoms with E-state index in [0.717, 1.165) is 30.7 Å². The van der Waals surface area contributed by atoms with E-state index in [4.69, 9.17) is 9.57 Å². The molecule has 122 valence electrons. The van der Waals surface area contributed by atoms with Crippen LogP contribution in [0.1, 0.15) is 52.9 Å². The van der Waals surface area contributed by atoms with Crippen LogP contribution in [0.4, 0.5) is 4.79 Å². The van der Waals surface area contributed by atoms with E-state index >= 15 is 0 Å². The van der Waals surface area contributed by atoms with Gasteiger partial charge in [-0.15, -0.1) is 0 Å². The smallest absolute Gasteiger partial charge is 0.411 e. The van der Waals surface area contributed by atoms with Gasteiger partial charge in [-0.1, -0.05) is 19.3 Å². The normalized spacial score (nSPS) is 16.4. The zero-order valence-electron chi connectivity index (χ0n) is 13.8. The summed E-state index contributed by atoms with van der Waals surface area (Å²) in [7, 11) is 2.97. The van der Waals surface area contributed by atoms with Gasteiger partial charge < -0.3 is 4.74 Å². The fourth-order valence-electron chi connectivity index (χ4n) is 2.40. The molecule has 1 saturated carbocycles. The summed E-state index contributed by atoms with van der Waals surface area (Å²) in [5.41, 5.74) is -0.569. The third kappa shape index (κ3) is 5.91. The van der Waals surface area contributed by atoms with Gasteiger partial charge in [0.2, 0.25) is 0 Å². The molecule has 0 aliphatic heterocycles. The highest BCUT2D eigenvalue weighted by Gasteiger charge is 2.31. The van der Waals surface area contributed by atoms with Gasteiger partial charge in [0.1, 0.15) is 12.1 Å². The maximum atomic E-state index is 12.4. The van der Waals surface area contributed by atoms with E-state index in [2.05, 4.69) is 0 Å². The average Bonchev–Trinajstić information content (AvgIpc) is 2.42. The van der Waals surface area contributed by atoms with Crippen LogP contribution in [0.5, 0.6) is 0 Å². The maximum absolute atomic E-state index is 12.4.